The largest absolute Gasteiger partial charge is 0.383 e. The molecule has 0 aliphatic heterocycles. The summed E-state index contributed by atoms with van der Waals surface area (Å²) >= 11 is 0. The van der Waals surface area contributed by atoms with E-state index in [2.05, 4.69) is 55.0 Å². The minimum absolute atomic E-state index is 0.500. The van der Waals surface area contributed by atoms with Gasteiger partial charge in [0, 0.05) is 45.0 Å². The van der Waals surface area contributed by atoms with Gasteiger partial charge in [-0.05, 0) is 25.0 Å². The smallest absolute Gasteiger partial charge is 0.0589 e. The van der Waals surface area contributed by atoms with E-state index in [0.717, 1.165) is 38.4 Å². The van der Waals surface area contributed by atoms with Gasteiger partial charge in [-0.25, -0.2) is 0 Å². The van der Waals surface area contributed by atoms with Crippen molar-refractivity contribution in [3.8, 4) is 0 Å². The van der Waals surface area contributed by atoms with Crippen LogP contribution in [-0.2, 0) is 17.8 Å². The number of hydrogen-bond acceptors (Lipinski definition) is 4. The summed E-state index contributed by atoms with van der Waals surface area (Å²) in [6.45, 7) is 12.3. The van der Waals surface area contributed by atoms with E-state index >= 15 is 0 Å². The van der Waals surface area contributed by atoms with Crippen molar-refractivity contribution in [1.29, 1.82) is 0 Å². The molecule has 0 spiro atoms. The van der Waals surface area contributed by atoms with Crippen LogP contribution in [0.15, 0.2) is 18.3 Å². The van der Waals surface area contributed by atoms with Crippen molar-refractivity contribution in [2.45, 2.75) is 59.3 Å². The lowest BCUT2D eigenvalue weighted by molar-refractivity contribution is 0.117. The van der Waals surface area contributed by atoms with Crippen molar-refractivity contribution in [3.63, 3.8) is 0 Å². The van der Waals surface area contributed by atoms with Crippen LogP contribution in [-0.4, -0.2) is 42.2 Å². The first-order valence-electron chi connectivity index (χ1n) is 7.97. The number of pyridine rings is 1. The third kappa shape index (κ3) is 7.02. The fraction of sp³-hybridized carbons (Fsp3) is 0.706. The molecule has 0 aromatic carbocycles. The zero-order valence-electron chi connectivity index (χ0n) is 14.2. The third-order valence-electron chi connectivity index (χ3n) is 3.76. The Morgan fingerprint density at radius 1 is 1.29 bits per heavy atom. The Morgan fingerprint density at radius 2 is 2.05 bits per heavy atom. The van der Waals surface area contributed by atoms with E-state index in [-0.39, 0.29) is 0 Å². The van der Waals surface area contributed by atoms with Gasteiger partial charge >= 0.3 is 0 Å². The van der Waals surface area contributed by atoms with Crippen LogP contribution in [0.2, 0.25) is 0 Å². The molecule has 1 unspecified atom stereocenters. The van der Waals surface area contributed by atoms with E-state index in [1.807, 2.05) is 6.20 Å². The van der Waals surface area contributed by atoms with Gasteiger partial charge in [-0.2, -0.15) is 0 Å². The van der Waals surface area contributed by atoms with Crippen LogP contribution < -0.4 is 5.32 Å². The summed E-state index contributed by atoms with van der Waals surface area (Å²) in [5.41, 5.74) is 2.36. The lowest BCUT2D eigenvalue weighted by Gasteiger charge is -2.27. The summed E-state index contributed by atoms with van der Waals surface area (Å²) < 4.78 is 5.21. The van der Waals surface area contributed by atoms with Gasteiger partial charge in [-0.15, -0.1) is 0 Å². The summed E-state index contributed by atoms with van der Waals surface area (Å²) in [6, 6.07) is 5.35. The lowest BCUT2D eigenvalue weighted by Crippen LogP contribution is -2.35. The van der Waals surface area contributed by atoms with E-state index in [1.54, 1.807) is 7.11 Å². The fourth-order valence-corrected chi connectivity index (χ4v) is 2.11. The summed E-state index contributed by atoms with van der Waals surface area (Å²) in [5.74, 6) is 0. The maximum Gasteiger partial charge on any atom is 0.0589 e. The highest BCUT2D eigenvalue weighted by Crippen LogP contribution is 2.10. The second kappa shape index (κ2) is 9.87. The average molecular weight is 293 g/mol. The molecule has 1 rings (SSSR count). The average Bonchev–Trinajstić information content (AvgIpc) is 2.49. The van der Waals surface area contributed by atoms with E-state index in [1.165, 1.54) is 5.56 Å². The van der Waals surface area contributed by atoms with Crippen molar-refractivity contribution < 1.29 is 4.74 Å². The second-order valence-electron chi connectivity index (χ2n) is 5.91. The van der Waals surface area contributed by atoms with Crippen molar-refractivity contribution in [2.75, 3.05) is 20.3 Å². The monoisotopic (exact) mass is 293 g/mol. The number of aromatic nitrogens is 1. The highest BCUT2D eigenvalue weighted by molar-refractivity contribution is 5.14. The molecule has 0 amide bonds. The predicted molar refractivity (Wildman–Crippen MR) is 88.3 cm³/mol. The quantitative estimate of drug-likeness (QED) is 0.720. The van der Waals surface area contributed by atoms with Gasteiger partial charge < -0.3 is 10.1 Å². The number of hydrogen-bond donors (Lipinski definition) is 1. The number of nitrogens with one attached hydrogen (secondary N) is 1. The van der Waals surface area contributed by atoms with Crippen molar-refractivity contribution in [2.24, 2.45) is 0 Å². The Morgan fingerprint density at radius 3 is 2.57 bits per heavy atom. The Bertz CT molecular complexity index is 378. The molecule has 0 aliphatic rings. The Hall–Kier alpha value is -0.970. The fourth-order valence-electron chi connectivity index (χ4n) is 2.11. The Kier molecular flexibility index (Phi) is 8.50. The molecule has 4 heteroatoms. The minimum atomic E-state index is 0.500. The van der Waals surface area contributed by atoms with Crippen LogP contribution >= 0.6 is 0 Å². The predicted octanol–water partition coefficient (Wildman–Crippen LogP) is 2.83. The van der Waals surface area contributed by atoms with Gasteiger partial charge in [0.2, 0.25) is 0 Å². The van der Waals surface area contributed by atoms with Gasteiger partial charge in [0.15, 0.2) is 0 Å². The maximum absolute atomic E-state index is 5.21. The van der Waals surface area contributed by atoms with Gasteiger partial charge in [0.05, 0.1) is 12.3 Å². The first-order chi connectivity index (χ1) is 10.1. The van der Waals surface area contributed by atoms with Crippen LogP contribution in [0.1, 0.15) is 45.4 Å². The molecule has 0 saturated heterocycles. The topological polar surface area (TPSA) is 37.4 Å². The molecule has 4 nitrogen and oxygen atoms in total. The van der Waals surface area contributed by atoms with Crippen molar-refractivity contribution >= 4 is 0 Å². The molecule has 1 heterocycles. The van der Waals surface area contributed by atoms with E-state index in [9.17, 15) is 0 Å². The van der Waals surface area contributed by atoms with E-state index in [4.69, 9.17) is 4.74 Å². The van der Waals surface area contributed by atoms with Crippen molar-refractivity contribution in [1.82, 2.24) is 15.2 Å². The van der Waals surface area contributed by atoms with Crippen molar-refractivity contribution in [3.05, 3.63) is 29.6 Å². The zero-order chi connectivity index (χ0) is 15.7. The van der Waals surface area contributed by atoms with Gasteiger partial charge in [0.1, 0.15) is 0 Å². The SMILES string of the molecule is CCC(C)N(CCOC)Cc1ccc(CNC(C)C)cn1. The van der Waals surface area contributed by atoms with Crippen LogP contribution in [0, 0.1) is 0 Å². The van der Waals surface area contributed by atoms with Crippen LogP contribution in [0.4, 0.5) is 0 Å². The highest BCUT2D eigenvalue weighted by atomic mass is 16.5. The van der Waals surface area contributed by atoms with Gasteiger partial charge in [0.25, 0.3) is 0 Å². The van der Waals surface area contributed by atoms with Crippen LogP contribution in [0.25, 0.3) is 0 Å². The molecule has 120 valence electrons. The number of methoxy groups -OCH3 is 1. The van der Waals surface area contributed by atoms with Crippen LogP contribution in [0.3, 0.4) is 0 Å². The van der Waals surface area contributed by atoms with Gasteiger partial charge in [-0.1, -0.05) is 26.8 Å². The molecular weight excluding hydrogens is 262 g/mol. The molecule has 21 heavy (non-hydrogen) atoms. The summed E-state index contributed by atoms with van der Waals surface area (Å²) in [6.07, 6.45) is 3.12. The summed E-state index contributed by atoms with van der Waals surface area (Å²) in [5, 5.41) is 3.41. The molecule has 0 radical (unpaired) electrons. The molecule has 1 aromatic rings. The highest BCUT2D eigenvalue weighted by Gasteiger charge is 2.13. The molecule has 0 saturated carbocycles. The Labute approximate surface area is 129 Å². The molecule has 0 bridgehead atoms. The number of nitrogens with zero attached hydrogens (tertiary/aromatic N) is 2. The summed E-state index contributed by atoms with van der Waals surface area (Å²) in [7, 11) is 1.75. The number of rotatable bonds is 10. The molecule has 1 N–H and O–H groups in total. The van der Waals surface area contributed by atoms with Gasteiger partial charge in [-0.3, -0.25) is 9.88 Å². The zero-order valence-corrected chi connectivity index (χ0v) is 14.2. The molecule has 0 aliphatic carbocycles. The maximum atomic E-state index is 5.21. The lowest BCUT2D eigenvalue weighted by atomic mass is 10.2. The summed E-state index contributed by atoms with van der Waals surface area (Å²) in [4.78, 5) is 7.03. The first kappa shape index (κ1) is 18.1. The molecule has 1 aromatic heterocycles. The third-order valence-corrected chi connectivity index (χ3v) is 3.76. The van der Waals surface area contributed by atoms with E-state index < -0.39 is 0 Å². The normalized spacial score (nSPS) is 13.1. The minimum Gasteiger partial charge on any atom is -0.383 e. The van der Waals surface area contributed by atoms with Crippen LogP contribution in [0.5, 0.6) is 0 Å². The molecular formula is C17H31N3O. The number of ether oxygens (including phenoxy) is 1. The first-order valence-corrected chi connectivity index (χ1v) is 7.97. The molecule has 0 fully saturated rings. The standard InChI is InChI=1S/C17H31N3O/c1-6-15(4)20(9-10-21-5)13-17-8-7-16(12-19-17)11-18-14(2)3/h7-8,12,14-15,18H,6,9-11,13H2,1-5H3. The molecule has 1 atom stereocenters. The van der Waals surface area contributed by atoms with E-state index in [0.29, 0.717) is 12.1 Å². The Balaban J connectivity index is 2.58. The second-order valence-corrected chi connectivity index (χ2v) is 5.91.